The van der Waals surface area contributed by atoms with Crippen LogP contribution in [0.2, 0.25) is 0 Å². The molecule has 136 valence electrons. The fourth-order valence-electron chi connectivity index (χ4n) is 4.05. The second kappa shape index (κ2) is 6.86. The summed E-state index contributed by atoms with van der Waals surface area (Å²) in [6.07, 6.45) is 0. The van der Waals surface area contributed by atoms with E-state index in [1.54, 1.807) is 24.3 Å². The van der Waals surface area contributed by atoms with E-state index in [1.807, 2.05) is 30.3 Å². The van der Waals surface area contributed by atoms with Crippen molar-refractivity contribution in [2.75, 3.05) is 0 Å². The SMILES string of the molecule is [B]c1ccc2c(-c3ccc(F)cc3)c3ccccc3c(-c3ccc(F)cc3)c2c1. The zero-order chi connectivity index (χ0) is 20.0. The molecule has 0 bridgehead atoms. The number of benzene rings is 5. The van der Waals surface area contributed by atoms with Crippen LogP contribution in [-0.2, 0) is 0 Å². The van der Waals surface area contributed by atoms with Crippen molar-refractivity contribution in [1.82, 2.24) is 0 Å². The molecule has 0 aromatic heterocycles. The smallest absolute Gasteiger partial charge is 0.123 e. The maximum atomic E-state index is 13.6. The molecule has 0 fully saturated rings. The Labute approximate surface area is 168 Å². The minimum atomic E-state index is -0.273. The Kier molecular flexibility index (Phi) is 4.17. The molecule has 0 spiro atoms. The van der Waals surface area contributed by atoms with Crippen LogP contribution in [0.5, 0.6) is 0 Å². The van der Waals surface area contributed by atoms with Crippen LogP contribution in [-0.4, -0.2) is 7.85 Å². The third-order valence-corrected chi connectivity index (χ3v) is 5.31. The van der Waals surface area contributed by atoms with Gasteiger partial charge in [-0.3, -0.25) is 0 Å². The van der Waals surface area contributed by atoms with Crippen LogP contribution in [0.15, 0.2) is 91.0 Å². The van der Waals surface area contributed by atoms with Crippen molar-refractivity contribution in [1.29, 1.82) is 0 Å². The number of halogens is 2. The molecule has 0 saturated heterocycles. The predicted molar refractivity (Wildman–Crippen MR) is 118 cm³/mol. The highest BCUT2D eigenvalue weighted by atomic mass is 19.1. The Bertz CT molecular complexity index is 1350. The van der Waals surface area contributed by atoms with Gasteiger partial charge in [0.1, 0.15) is 19.5 Å². The van der Waals surface area contributed by atoms with Crippen LogP contribution in [0.25, 0.3) is 43.8 Å². The van der Waals surface area contributed by atoms with Gasteiger partial charge in [0, 0.05) is 0 Å². The van der Waals surface area contributed by atoms with E-state index in [1.165, 1.54) is 24.3 Å². The number of fused-ring (bicyclic) bond motifs is 2. The second-order valence-corrected chi connectivity index (χ2v) is 7.11. The van der Waals surface area contributed by atoms with Gasteiger partial charge in [-0.1, -0.05) is 72.2 Å². The van der Waals surface area contributed by atoms with Gasteiger partial charge in [-0.15, -0.1) is 0 Å². The Morgan fingerprint density at radius 2 is 0.931 bits per heavy atom. The summed E-state index contributed by atoms with van der Waals surface area (Å²) in [4.78, 5) is 0. The summed E-state index contributed by atoms with van der Waals surface area (Å²) in [5.41, 5.74) is 4.54. The van der Waals surface area contributed by atoms with Crippen molar-refractivity contribution in [2.24, 2.45) is 0 Å². The lowest BCUT2D eigenvalue weighted by Crippen LogP contribution is -2.02. The van der Waals surface area contributed by atoms with Gasteiger partial charge >= 0.3 is 0 Å². The lowest BCUT2D eigenvalue weighted by molar-refractivity contribution is 0.627. The van der Waals surface area contributed by atoms with Crippen molar-refractivity contribution >= 4 is 34.9 Å². The van der Waals surface area contributed by atoms with Gasteiger partial charge in [-0.25, -0.2) is 8.78 Å². The fraction of sp³-hybridized carbons (Fsp3) is 0. The van der Waals surface area contributed by atoms with Crippen LogP contribution in [0.3, 0.4) is 0 Å². The number of rotatable bonds is 2. The van der Waals surface area contributed by atoms with E-state index in [0.29, 0.717) is 5.46 Å². The van der Waals surface area contributed by atoms with E-state index in [2.05, 4.69) is 12.1 Å². The normalized spacial score (nSPS) is 11.2. The van der Waals surface area contributed by atoms with Gasteiger partial charge < -0.3 is 0 Å². The van der Waals surface area contributed by atoms with E-state index in [-0.39, 0.29) is 11.6 Å². The lowest BCUT2D eigenvalue weighted by atomic mass is 9.83. The van der Waals surface area contributed by atoms with Crippen LogP contribution >= 0.6 is 0 Å². The molecule has 0 N–H and O–H groups in total. The average Bonchev–Trinajstić information content (AvgIpc) is 2.74. The molecule has 0 aliphatic heterocycles. The van der Waals surface area contributed by atoms with Crippen molar-refractivity contribution in [3.8, 4) is 22.3 Å². The summed E-state index contributed by atoms with van der Waals surface area (Å²) in [6.45, 7) is 0. The highest BCUT2D eigenvalue weighted by molar-refractivity contribution is 6.34. The molecule has 0 heterocycles. The Morgan fingerprint density at radius 1 is 0.483 bits per heavy atom. The largest absolute Gasteiger partial charge is 0.207 e. The van der Waals surface area contributed by atoms with Crippen LogP contribution in [0.1, 0.15) is 0 Å². The summed E-state index contributed by atoms with van der Waals surface area (Å²) in [7, 11) is 6.14. The predicted octanol–water partition coefficient (Wildman–Crippen LogP) is 6.40. The van der Waals surface area contributed by atoms with Gasteiger partial charge in [0.15, 0.2) is 0 Å². The highest BCUT2D eigenvalue weighted by Crippen LogP contribution is 2.43. The first-order valence-electron chi connectivity index (χ1n) is 9.37. The van der Waals surface area contributed by atoms with Crippen molar-refractivity contribution in [2.45, 2.75) is 0 Å². The van der Waals surface area contributed by atoms with Crippen LogP contribution in [0.4, 0.5) is 8.78 Å². The molecule has 0 atom stereocenters. The zero-order valence-electron chi connectivity index (χ0n) is 15.5. The van der Waals surface area contributed by atoms with Crippen LogP contribution < -0.4 is 5.46 Å². The molecule has 5 rings (SSSR count). The molecule has 0 unspecified atom stereocenters. The monoisotopic (exact) mass is 376 g/mol. The molecule has 0 aliphatic carbocycles. The number of hydrogen-bond acceptors (Lipinski definition) is 0. The van der Waals surface area contributed by atoms with Gasteiger partial charge in [-0.05, 0) is 68.1 Å². The maximum absolute atomic E-state index is 13.6. The highest BCUT2D eigenvalue weighted by Gasteiger charge is 2.16. The van der Waals surface area contributed by atoms with Crippen molar-refractivity contribution in [3.05, 3.63) is 103 Å². The van der Waals surface area contributed by atoms with E-state index in [4.69, 9.17) is 7.85 Å². The topological polar surface area (TPSA) is 0 Å². The minimum Gasteiger partial charge on any atom is -0.207 e. The summed E-state index contributed by atoms with van der Waals surface area (Å²) < 4.78 is 27.1. The first-order valence-corrected chi connectivity index (χ1v) is 9.37. The molecule has 0 amide bonds. The molecule has 29 heavy (non-hydrogen) atoms. The molecule has 0 aliphatic rings. The third kappa shape index (κ3) is 2.99. The van der Waals surface area contributed by atoms with Gasteiger partial charge in [0.25, 0.3) is 0 Å². The second-order valence-electron chi connectivity index (χ2n) is 7.11. The van der Waals surface area contributed by atoms with E-state index >= 15 is 0 Å². The van der Waals surface area contributed by atoms with E-state index < -0.39 is 0 Å². The maximum Gasteiger partial charge on any atom is 0.123 e. The van der Waals surface area contributed by atoms with E-state index in [0.717, 1.165) is 43.8 Å². The molecule has 5 aromatic rings. The molecular formula is C26H15BF2. The number of hydrogen-bond donors (Lipinski definition) is 0. The molecule has 5 aromatic carbocycles. The fourth-order valence-corrected chi connectivity index (χ4v) is 4.05. The summed E-state index contributed by atoms with van der Waals surface area (Å²) >= 11 is 0. The Balaban J connectivity index is 1.98. The molecule has 0 saturated carbocycles. The van der Waals surface area contributed by atoms with E-state index in [9.17, 15) is 8.78 Å². The Hall–Kier alpha value is -3.46. The van der Waals surface area contributed by atoms with Gasteiger partial charge in [0.05, 0.1) is 0 Å². The van der Waals surface area contributed by atoms with Crippen LogP contribution in [0, 0.1) is 11.6 Å². The first-order chi connectivity index (χ1) is 14.1. The zero-order valence-corrected chi connectivity index (χ0v) is 15.5. The van der Waals surface area contributed by atoms with Gasteiger partial charge in [-0.2, -0.15) is 0 Å². The van der Waals surface area contributed by atoms with Crippen molar-refractivity contribution in [3.63, 3.8) is 0 Å². The average molecular weight is 376 g/mol. The summed E-state index contributed by atoms with van der Waals surface area (Å²) in [5, 5.41) is 4.09. The first kappa shape index (κ1) is 17.6. The lowest BCUT2D eigenvalue weighted by Gasteiger charge is -2.18. The molecule has 2 radical (unpaired) electrons. The van der Waals surface area contributed by atoms with Gasteiger partial charge in [0.2, 0.25) is 0 Å². The Morgan fingerprint density at radius 3 is 1.45 bits per heavy atom. The standard InChI is InChI=1S/C26H15BF2/c27-18-9-14-23-24(15-18)26(17-7-12-20(29)13-8-17)22-4-2-1-3-21(22)25(23)16-5-10-19(28)11-6-16/h1-15H. The third-order valence-electron chi connectivity index (χ3n) is 5.31. The molecule has 3 heteroatoms. The molecular weight excluding hydrogens is 361 g/mol. The summed E-state index contributed by atoms with van der Waals surface area (Å²) in [6, 6.07) is 27.0. The van der Waals surface area contributed by atoms with Crippen molar-refractivity contribution < 1.29 is 8.78 Å². The quantitative estimate of drug-likeness (QED) is 0.247. The minimum absolute atomic E-state index is 0.269. The summed E-state index contributed by atoms with van der Waals surface area (Å²) in [5.74, 6) is -0.542. The molecule has 0 nitrogen and oxygen atoms in total.